The molecule has 2 rings (SSSR count). The van der Waals surface area contributed by atoms with Crippen molar-refractivity contribution in [1.29, 1.82) is 5.26 Å². The van der Waals surface area contributed by atoms with Crippen molar-refractivity contribution in [3.05, 3.63) is 29.3 Å². The second-order valence-corrected chi connectivity index (χ2v) is 6.00. The van der Waals surface area contributed by atoms with Gasteiger partial charge in [-0.3, -0.25) is 4.79 Å². The predicted molar refractivity (Wildman–Crippen MR) is 72.0 cm³/mol. The number of hydrogen-bond acceptors (Lipinski definition) is 3. The van der Waals surface area contributed by atoms with E-state index in [1.54, 1.807) is 7.05 Å². The molecule has 0 spiro atoms. The second kappa shape index (κ2) is 5.20. The van der Waals surface area contributed by atoms with Gasteiger partial charge < -0.3 is 9.64 Å². The first-order valence-corrected chi connectivity index (χ1v) is 6.59. The number of nitriles is 1. The van der Waals surface area contributed by atoms with Crippen LogP contribution in [0.3, 0.4) is 0 Å². The molecule has 1 fully saturated rings. The normalized spacial score (nSPS) is 20.9. The van der Waals surface area contributed by atoms with Crippen molar-refractivity contribution < 1.29 is 22.7 Å². The van der Waals surface area contributed by atoms with Gasteiger partial charge in [-0.25, -0.2) is 0 Å². The number of likely N-dealkylation sites (N-methyl/N-ethyl adjacent to an activating group) is 1. The van der Waals surface area contributed by atoms with E-state index in [-0.39, 0.29) is 11.7 Å². The Labute approximate surface area is 126 Å². The highest BCUT2D eigenvalue weighted by atomic mass is 19.4. The van der Waals surface area contributed by atoms with E-state index < -0.39 is 28.8 Å². The van der Waals surface area contributed by atoms with E-state index in [0.29, 0.717) is 6.54 Å². The maximum Gasteiger partial charge on any atom is 0.417 e. The minimum absolute atomic E-state index is 0.0759. The first kappa shape index (κ1) is 16.1. The number of rotatable bonds is 2. The molecule has 1 heterocycles. The number of nitrogens with zero attached hydrogens (tertiary/aromatic N) is 2. The third-order valence-corrected chi connectivity index (χ3v) is 3.63. The van der Waals surface area contributed by atoms with Crippen LogP contribution in [0.1, 0.15) is 25.0 Å². The summed E-state index contributed by atoms with van der Waals surface area (Å²) in [5.41, 5.74) is -2.06. The summed E-state index contributed by atoms with van der Waals surface area (Å²) in [5, 5.41) is 8.77. The number of halogens is 3. The molecule has 1 saturated heterocycles. The van der Waals surface area contributed by atoms with E-state index in [0.717, 1.165) is 12.1 Å². The standard InChI is InChI=1S/C15H15F3N2O2/c1-14(2)8-20(3)13(21)12(14)22-10-5-4-9(7-19)11(6-10)15(16,17)18/h4-6,12H,8H2,1-3H3. The monoisotopic (exact) mass is 312 g/mol. The molecule has 4 nitrogen and oxygen atoms in total. The number of carbonyl (C=O) groups is 1. The lowest BCUT2D eigenvalue weighted by atomic mass is 9.89. The lowest BCUT2D eigenvalue weighted by molar-refractivity contribution is -0.137. The van der Waals surface area contributed by atoms with E-state index >= 15 is 0 Å². The summed E-state index contributed by atoms with van der Waals surface area (Å²) >= 11 is 0. The molecule has 0 bridgehead atoms. The average molecular weight is 312 g/mol. The van der Waals surface area contributed by atoms with Crippen LogP contribution in [0.25, 0.3) is 0 Å². The number of benzene rings is 1. The molecule has 0 aliphatic carbocycles. The highest BCUT2D eigenvalue weighted by Gasteiger charge is 2.46. The zero-order valence-corrected chi connectivity index (χ0v) is 12.4. The van der Waals surface area contributed by atoms with Gasteiger partial charge in [0, 0.05) is 19.0 Å². The zero-order chi connectivity index (χ0) is 16.7. The van der Waals surface area contributed by atoms with Crippen LogP contribution in [0, 0.1) is 16.7 Å². The van der Waals surface area contributed by atoms with Crippen LogP contribution in [0.4, 0.5) is 13.2 Å². The van der Waals surface area contributed by atoms with Gasteiger partial charge in [0.25, 0.3) is 5.91 Å². The van der Waals surface area contributed by atoms with Crippen LogP contribution < -0.4 is 4.74 Å². The van der Waals surface area contributed by atoms with Gasteiger partial charge in [-0.15, -0.1) is 0 Å². The Bertz CT molecular complexity index is 647. The van der Waals surface area contributed by atoms with Crippen molar-refractivity contribution in [2.75, 3.05) is 13.6 Å². The predicted octanol–water partition coefficient (Wildman–Crippen LogP) is 2.82. The molecule has 1 aliphatic rings. The molecule has 1 unspecified atom stereocenters. The van der Waals surface area contributed by atoms with Gasteiger partial charge in [0.2, 0.25) is 0 Å². The van der Waals surface area contributed by atoms with E-state index in [4.69, 9.17) is 10.00 Å². The van der Waals surface area contributed by atoms with Crippen molar-refractivity contribution >= 4 is 5.91 Å². The van der Waals surface area contributed by atoms with Crippen molar-refractivity contribution in [3.8, 4) is 11.8 Å². The fraction of sp³-hybridized carbons (Fsp3) is 0.467. The molecule has 22 heavy (non-hydrogen) atoms. The molecule has 1 atom stereocenters. The lowest BCUT2D eigenvalue weighted by Crippen LogP contribution is -2.36. The third-order valence-electron chi connectivity index (χ3n) is 3.63. The largest absolute Gasteiger partial charge is 0.480 e. The van der Waals surface area contributed by atoms with Gasteiger partial charge in [-0.1, -0.05) is 13.8 Å². The fourth-order valence-corrected chi connectivity index (χ4v) is 2.58. The fourth-order valence-electron chi connectivity index (χ4n) is 2.58. The van der Waals surface area contributed by atoms with Crippen LogP contribution in [-0.2, 0) is 11.0 Å². The van der Waals surface area contributed by atoms with Crippen molar-refractivity contribution in [2.45, 2.75) is 26.1 Å². The highest BCUT2D eigenvalue weighted by molar-refractivity contribution is 5.84. The van der Waals surface area contributed by atoms with Gasteiger partial charge in [-0.05, 0) is 18.2 Å². The Morgan fingerprint density at radius 3 is 2.50 bits per heavy atom. The number of ether oxygens (including phenoxy) is 1. The van der Waals surface area contributed by atoms with Crippen molar-refractivity contribution in [3.63, 3.8) is 0 Å². The Balaban J connectivity index is 2.36. The Kier molecular flexibility index (Phi) is 3.81. The Morgan fingerprint density at radius 1 is 1.41 bits per heavy atom. The number of amides is 1. The topological polar surface area (TPSA) is 53.3 Å². The molecule has 1 aromatic carbocycles. The molecule has 118 valence electrons. The minimum Gasteiger partial charge on any atom is -0.480 e. The zero-order valence-electron chi connectivity index (χ0n) is 12.4. The van der Waals surface area contributed by atoms with E-state index in [1.807, 2.05) is 13.8 Å². The summed E-state index contributed by atoms with van der Waals surface area (Å²) < 4.78 is 44.3. The summed E-state index contributed by atoms with van der Waals surface area (Å²) in [5.74, 6) is -0.351. The molecule has 7 heteroatoms. The number of likely N-dealkylation sites (tertiary alicyclic amines) is 1. The Hall–Kier alpha value is -2.23. The highest BCUT2D eigenvalue weighted by Crippen LogP contribution is 2.37. The van der Waals surface area contributed by atoms with Gasteiger partial charge in [0.15, 0.2) is 6.10 Å². The molecule has 0 radical (unpaired) electrons. The second-order valence-electron chi connectivity index (χ2n) is 6.00. The number of carbonyl (C=O) groups excluding carboxylic acids is 1. The van der Waals surface area contributed by atoms with Crippen LogP contribution in [-0.4, -0.2) is 30.5 Å². The summed E-state index contributed by atoms with van der Waals surface area (Å²) in [6.45, 7) is 4.08. The maximum atomic E-state index is 12.9. The van der Waals surface area contributed by atoms with Crippen LogP contribution in [0.15, 0.2) is 18.2 Å². The molecular weight excluding hydrogens is 297 g/mol. The average Bonchev–Trinajstić information content (AvgIpc) is 2.60. The number of alkyl halides is 3. The van der Waals surface area contributed by atoms with Gasteiger partial charge in [0.1, 0.15) is 5.75 Å². The first-order valence-electron chi connectivity index (χ1n) is 6.59. The van der Waals surface area contributed by atoms with E-state index in [2.05, 4.69) is 0 Å². The van der Waals surface area contributed by atoms with Gasteiger partial charge >= 0.3 is 6.18 Å². The first-order chi connectivity index (χ1) is 10.1. The van der Waals surface area contributed by atoms with E-state index in [9.17, 15) is 18.0 Å². The number of hydrogen-bond donors (Lipinski definition) is 0. The molecule has 0 N–H and O–H groups in total. The molecule has 0 aromatic heterocycles. The molecule has 1 amide bonds. The van der Waals surface area contributed by atoms with Crippen LogP contribution in [0.2, 0.25) is 0 Å². The summed E-state index contributed by atoms with van der Waals surface area (Å²) in [6, 6.07) is 4.59. The summed E-state index contributed by atoms with van der Waals surface area (Å²) in [4.78, 5) is 13.5. The minimum atomic E-state index is -4.66. The smallest absolute Gasteiger partial charge is 0.417 e. The van der Waals surface area contributed by atoms with E-state index in [1.165, 1.54) is 17.0 Å². The van der Waals surface area contributed by atoms with Gasteiger partial charge in [0.05, 0.1) is 17.2 Å². The molecule has 1 aromatic rings. The van der Waals surface area contributed by atoms with Crippen LogP contribution in [0.5, 0.6) is 5.75 Å². The SMILES string of the molecule is CN1CC(C)(C)C(Oc2ccc(C#N)c(C(F)(F)F)c2)C1=O. The van der Waals surface area contributed by atoms with Crippen molar-refractivity contribution in [2.24, 2.45) is 5.41 Å². The summed E-state index contributed by atoms with van der Waals surface area (Å²) in [7, 11) is 1.62. The van der Waals surface area contributed by atoms with Crippen molar-refractivity contribution in [1.82, 2.24) is 4.90 Å². The molecular formula is C15H15F3N2O2. The maximum absolute atomic E-state index is 12.9. The Morgan fingerprint density at radius 2 is 2.05 bits per heavy atom. The van der Waals surface area contributed by atoms with Gasteiger partial charge in [-0.2, -0.15) is 18.4 Å². The third kappa shape index (κ3) is 2.86. The quantitative estimate of drug-likeness (QED) is 0.844. The molecule has 1 aliphatic heterocycles. The van der Waals surface area contributed by atoms with Crippen LogP contribution >= 0.6 is 0 Å². The lowest BCUT2D eigenvalue weighted by Gasteiger charge is -2.24. The molecule has 0 saturated carbocycles. The summed E-state index contributed by atoms with van der Waals surface area (Å²) in [6.07, 6.45) is -5.51.